The average molecular weight is 409 g/mol. The number of nitrogens with zero attached hydrogens (tertiary/aromatic N) is 1. The van der Waals surface area contributed by atoms with Crippen molar-refractivity contribution in [2.24, 2.45) is 0 Å². The highest BCUT2D eigenvalue weighted by atomic mass is 32.2. The van der Waals surface area contributed by atoms with Gasteiger partial charge in [0.15, 0.2) is 4.32 Å². The van der Waals surface area contributed by atoms with E-state index in [1.807, 2.05) is 0 Å². The van der Waals surface area contributed by atoms with Crippen molar-refractivity contribution in [3.05, 3.63) is 70.1 Å². The minimum Gasteiger partial charge on any atom is -0.478 e. The lowest BCUT2D eigenvalue weighted by molar-refractivity contribution is -0.137. The van der Waals surface area contributed by atoms with E-state index in [4.69, 9.17) is 17.3 Å². The third-order valence-electron chi connectivity index (χ3n) is 3.66. The van der Waals surface area contributed by atoms with Gasteiger partial charge in [-0.15, -0.1) is 0 Å². The Morgan fingerprint density at radius 2 is 1.85 bits per heavy atom. The molecule has 0 atom stereocenters. The van der Waals surface area contributed by atoms with Crippen molar-refractivity contribution in [1.82, 2.24) is 0 Å². The second-order valence-corrected chi connectivity index (χ2v) is 7.17. The monoisotopic (exact) mass is 409 g/mol. The number of halogens is 3. The Hall–Kier alpha value is -2.65. The number of hydrogen-bond donors (Lipinski definition) is 1. The second kappa shape index (κ2) is 7.16. The molecule has 1 fully saturated rings. The summed E-state index contributed by atoms with van der Waals surface area (Å²) < 4.78 is 38.8. The van der Waals surface area contributed by atoms with E-state index in [-0.39, 0.29) is 20.5 Å². The van der Waals surface area contributed by atoms with Gasteiger partial charge in [-0.05, 0) is 42.0 Å². The fourth-order valence-electron chi connectivity index (χ4n) is 2.42. The highest BCUT2D eigenvalue weighted by molar-refractivity contribution is 8.27. The van der Waals surface area contributed by atoms with Crippen molar-refractivity contribution < 1.29 is 27.9 Å². The Morgan fingerprint density at radius 3 is 2.52 bits per heavy atom. The molecule has 1 heterocycles. The number of thioether (sulfide) groups is 1. The third-order valence-corrected chi connectivity index (χ3v) is 4.96. The predicted molar refractivity (Wildman–Crippen MR) is 100 cm³/mol. The van der Waals surface area contributed by atoms with Gasteiger partial charge in [-0.25, -0.2) is 4.79 Å². The standard InChI is InChI=1S/C18H10F3NO3S2/c19-18(20,21)12-5-2-6-13(9-12)22-15(23)14(27-17(22)26)8-10-3-1-4-11(7-10)16(24)25/h1-9H,(H,24,25)/b14-8-. The highest BCUT2D eigenvalue weighted by Gasteiger charge is 2.36. The van der Waals surface area contributed by atoms with Gasteiger partial charge in [0.05, 0.1) is 21.7 Å². The number of carbonyl (C=O) groups is 2. The van der Waals surface area contributed by atoms with E-state index in [9.17, 15) is 22.8 Å². The molecule has 4 nitrogen and oxygen atoms in total. The molecule has 0 aliphatic carbocycles. The van der Waals surface area contributed by atoms with Crippen LogP contribution in [-0.2, 0) is 11.0 Å². The smallest absolute Gasteiger partial charge is 0.416 e. The Kier molecular flexibility index (Phi) is 5.07. The normalized spacial score (nSPS) is 16.3. The Labute approximate surface area is 161 Å². The summed E-state index contributed by atoms with van der Waals surface area (Å²) >= 11 is 6.09. The van der Waals surface area contributed by atoms with Crippen LogP contribution in [0.5, 0.6) is 0 Å². The molecule has 1 N–H and O–H groups in total. The number of carbonyl (C=O) groups excluding carboxylic acids is 1. The molecule has 3 rings (SSSR count). The first-order valence-corrected chi connectivity index (χ1v) is 8.68. The van der Waals surface area contributed by atoms with Crippen LogP contribution in [0.25, 0.3) is 6.08 Å². The molecular weight excluding hydrogens is 399 g/mol. The van der Waals surface area contributed by atoms with Crippen LogP contribution in [-0.4, -0.2) is 21.3 Å². The maximum absolute atomic E-state index is 12.9. The molecule has 0 unspecified atom stereocenters. The van der Waals surface area contributed by atoms with Gasteiger partial charge in [0.25, 0.3) is 5.91 Å². The number of aromatic carboxylic acids is 1. The molecule has 9 heteroatoms. The lowest BCUT2D eigenvalue weighted by atomic mass is 10.1. The zero-order chi connectivity index (χ0) is 19.8. The van der Waals surface area contributed by atoms with Crippen LogP contribution in [0.15, 0.2) is 53.4 Å². The van der Waals surface area contributed by atoms with E-state index in [1.54, 1.807) is 6.07 Å². The van der Waals surface area contributed by atoms with Crippen LogP contribution in [0.1, 0.15) is 21.5 Å². The van der Waals surface area contributed by atoms with Gasteiger partial charge in [0.1, 0.15) is 0 Å². The fourth-order valence-corrected chi connectivity index (χ4v) is 3.72. The summed E-state index contributed by atoms with van der Waals surface area (Å²) in [5.74, 6) is -1.67. The molecule has 0 saturated carbocycles. The quantitative estimate of drug-likeness (QED) is 0.583. The van der Waals surface area contributed by atoms with Crippen LogP contribution in [0, 0.1) is 0 Å². The largest absolute Gasteiger partial charge is 0.478 e. The molecule has 0 aromatic heterocycles. The summed E-state index contributed by atoms with van der Waals surface area (Å²) in [5.41, 5.74) is -0.334. The first-order chi connectivity index (χ1) is 12.7. The average Bonchev–Trinajstić information content (AvgIpc) is 2.88. The van der Waals surface area contributed by atoms with Crippen LogP contribution in [0.2, 0.25) is 0 Å². The predicted octanol–water partition coefficient (Wildman–Crippen LogP) is 4.81. The molecule has 0 radical (unpaired) electrons. The van der Waals surface area contributed by atoms with E-state index in [0.29, 0.717) is 5.56 Å². The van der Waals surface area contributed by atoms with Crippen LogP contribution in [0.4, 0.5) is 18.9 Å². The Bertz CT molecular complexity index is 986. The lowest BCUT2D eigenvalue weighted by Gasteiger charge is -2.16. The molecule has 2 aromatic rings. The van der Waals surface area contributed by atoms with Crippen LogP contribution < -0.4 is 4.90 Å². The summed E-state index contributed by atoms with van der Waals surface area (Å²) in [4.78, 5) is 24.9. The summed E-state index contributed by atoms with van der Waals surface area (Å²) in [6, 6.07) is 10.3. The second-order valence-electron chi connectivity index (χ2n) is 5.50. The zero-order valence-corrected chi connectivity index (χ0v) is 15.0. The number of hydrogen-bond acceptors (Lipinski definition) is 4. The minimum atomic E-state index is -4.54. The SMILES string of the molecule is O=C(O)c1cccc(/C=C2\SC(=S)N(c3cccc(C(F)(F)F)c3)C2=O)c1. The highest BCUT2D eigenvalue weighted by Crippen LogP contribution is 2.38. The van der Waals surface area contributed by atoms with Gasteiger partial charge >= 0.3 is 12.1 Å². The molecule has 2 aromatic carbocycles. The number of anilines is 1. The summed E-state index contributed by atoms with van der Waals surface area (Å²) in [6.07, 6.45) is -3.08. The van der Waals surface area contributed by atoms with Crippen LogP contribution >= 0.6 is 24.0 Å². The van der Waals surface area contributed by atoms with Crippen molar-refractivity contribution in [3.8, 4) is 0 Å². The number of thiocarbonyl (C=S) groups is 1. The van der Waals surface area contributed by atoms with Gasteiger partial charge in [-0.3, -0.25) is 9.69 Å². The molecule has 1 saturated heterocycles. The summed E-state index contributed by atoms with van der Waals surface area (Å²) in [5, 5.41) is 9.03. The van der Waals surface area contributed by atoms with Crippen molar-refractivity contribution in [3.63, 3.8) is 0 Å². The maximum Gasteiger partial charge on any atom is 0.416 e. The van der Waals surface area contributed by atoms with Gasteiger partial charge in [-0.2, -0.15) is 13.2 Å². The summed E-state index contributed by atoms with van der Waals surface area (Å²) in [6.45, 7) is 0. The van der Waals surface area contributed by atoms with E-state index in [2.05, 4.69) is 0 Å². The van der Waals surface area contributed by atoms with Gasteiger partial charge in [0.2, 0.25) is 0 Å². The van der Waals surface area contributed by atoms with Gasteiger partial charge in [0, 0.05) is 0 Å². The minimum absolute atomic E-state index is 0.0232. The molecule has 138 valence electrons. The number of benzene rings is 2. The molecule has 27 heavy (non-hydrogen) atoms. The first-order valence-electron chi connectivity index (χ1n) is 7.45. The van der Waals surface area contributed by atoms with Crippen molar-refractivity contribution >= 4 is 51.9 Å². The van der Waals surface area contributed by atoms with E-state index < -0.39 is 23.6 Å². The number of amides is 1. The number of carboxylic acid groups (broad SMARTS) is 1. The Morgan fingerprint density at radius 1 is 1.15 bits per heavy atom. The molecule has 1 aliphatic heterocycles. The van der Waals surface area contributed by atoms with E-state index in [1.165, 1.54) is 36.4 Å². The molecule has 1 amide bonds. The molecule has 0 spiro atoms. The fraction of sp³-hybridized carbons (Fsp3) is 0.0556. The zero-order valence-electron chi connectivity index (χ0n) is 13.4. The van der Waals surface area contributed by atoms with Crippen LogP contribution in [0.3, 0.4) is 0 Å². The van der Waals surface area contributed by atoms with E-state index in [0.717, 1.165) is 28.8 Å². The topological polar surface area (TPSA) is 57.6 Å². The van der Waals surface area contributed by atoms with E-state index >= 15 is 0 Å². The molecule has 1 aliphatic rings. The lowest BCUT2D eigenvalue weighted by Crippen LogP contribution is -2.27. The summed E-state index contributed by atoms with van der Waals surface area (Å²) in [7, 11) is 0. The number of carboxylic acids is 1. The van der Waals surface area contributed by atoms with Crippen molar-refractivity contribution in [1.29, 1.82) is 0 Å². The third kappa shape index (κ3) is 4.04. The molecular formula is C18H10F3NO3S2. The molecule has 0 bridgehead atoms. The number of alkyl halides is 3. The number of rotatable bonds is 3. The Balaban J connectivity index is 1.94. The van der Waals surface area contributed by atoms with Crippen molar-refractivity contribution in [2.45, 2.75) is 6.18 Å². The maximum atomic E-state index is 12.9. The van der Waals surface area contributed by atoms with Crippen molar-refractivity contribution in [2.75, 3.05) is 4.90 Å². The van der Waals surface area contributed by atoms with Gasteiger partial charge in [-0.1, -0.05) is 42.2 Å². The first kappa shape index (κ1) is 19.1. The van der Waals surface area contributed by atoms with Gasteiger partial charge < -0.3 is 5.11 Å².